The van der Waals surface area contributed by atoms with Crippen molar-refractivity contribution in [1.82, 2.24) is 0 Å². The van der Waals surface area contributed by atoms with Gasteiger partial charge in [0.15, 0.2) is 0 Å². The molecular weight excluding hydrogens is 219 g/mol. The Kier molecular flexibility index (Phi) is 3.50. The zero-order valence-corrected chi connectivity index (χ0v) is 10.4. The third kappa shape index (κ3) is 2.22. The molecule has 0 bridgehead atoms. The van der Waals surface area contributed by atoms with E-state index in [4.69, 9.17) is 4.74 Å². The first-order valence-corrected chi connectivity index (χ1v) is 6.10. The summed E-state index contributed by atoms with van der Waals surface area (Å²) in [7, 11) is 1.60. The predicted molar refractivity (Wildman–Crippen MR) is 64.3 cm³/mol. The molecule has 0 aromatic heterocycles. The van der Waals surface area contributed by atoms with Gasteiger partial charge >= 0.3 is 0 Å². The van der Waals surface area contributed by atoms with Crippen LogP contribution in [0.25, 0.3) is 0 Å². The Labute approximate surface area is 101 Å². The Bertz CT molecular complexity index is 405. The molecule has 1 aliphatic carbocycles. The smallest absolute Gasteiger partial charge is 0.126 e. The highest BCUT2D eigenvalue weighted by Crippen LogP contribution is 2.39. The van der Waals surface area contributed by atoms with E-state index in [9.17, 15) is 9.50 Å². The highest BCUT2D eigenvalue weighted by atomic mass is 19.1. The SMILES string of the molecule is COC1CCCCC1(O)c1ccc(C)c(F)c1. The molecule has 3 heteroatoms. The number of benzene rings is 1. The minimum atomic E-state index is -1.04. The molecule has 2 unspecified atom stereocenters. The van der Waals surface area contributed by atoms with E-state index in [1.807, 2.05) is 0 Å². The summed E-state index contributed by atoms with van der Waals surface area (Å²) in [6.07, 6.45) is 3.22. The van der Waals surface area contributed by atoms with Gasteiger partial charge in [0.1, 0.15) is 11.4 Å². The molecule has 94 valence electrons. The van der Waals surface area contributed by atoms with Gasteiger partial charge in [0.05, 0.1) is 6.10 Å². The van der Waals surface area contributed by atoms with Crippen molar-refractivity contribution in [3.05, 3.63) is 35.1 Å². The van der Waals surface area contributed by atoms with Crippen LogP contribution in [0.4, 0.5) is 4.39 Å². The normalized spacial score (nSPS) is 29.3. The zero-order valence-electron chi connectivity index (χ0n) is 10.4. The number of rotatable bonds is 2. The summed E-state index contributed by atoms with van der Waals surface area (Å²) in [5, 5.41) is 10.7. The fourth-order valence-corrected chi connectivity index (χ4v) is 2.63. The maximum atomic E-state index is 13.6. The van der Waals surface area contributed by atoms with Crippen LogP contribution in [0.15, 0.2) is 18.2 Å². The molecule has 0 heterocycles. The Morgan fingerprint density at radius 2 is 2.18 bits per heavy atom. The highest BCUT2D eigenvalue weighted by molar-refractivity contribution is 5.29. The Morgan fingerprint density at radius 3 is 2.82 bits per heavy atom. The summed E-state index contributed by atoms with van der Waals surface area (Å²) >= 11 is 0. The predicted octanol–water partition coefficient (Wildman–Crippen LogP) is 2.91. The van der Waals surface area contributed by atoms with Gasteiger partial charge in [-0.1, -0.05) is 25.0 Å². The monoisotopic (exact) mass is 238 g/mol. The Hall–Kier alpha value is -0.930. The molecule has 0 aliphatic heterocycles. The molecule has 2 rings (SSSR count). The average molecular weight is 238 g/mol. The zero-order chi connectivity index (χ0) is 12.5. The lowest BCUT2D eigenvalue weighted by Crippen LogP contribution is -2.43. The van der Waals surface area contributed by atoms with E-state index in [1.54, 1.807) is 26.2 Å². The van der Waals surface area contributed by atoms with Crippen LogP contribution in [-0.2, 0) is 10.3 Å². The lowest BCUT2D eigenvalue weighted by atomic mass is 9.77. The number of aryl methyl sites for hydroxylation is 1. The third-order valence-corrected chi connectivity index (χ3v) is 3.76. The van der Waals surface area contributed by atoms with Gasteiger partial charge in [-0.15, -0.1) is 0 Å². The van der Waals surface area contributed by atoms with E-state index in [2.05, 4.69) is 0 Å². The van der Waals surface area contributed by atoms with Gasteiger partial charge in [0.25, 0.3) is 0 Å². The summed E-state index contributed by atoms with van der Waals surface area (Å²) in [6.45, 7) is 1.72. The first-order chi connectivity index (χ1) is 8.08. The molecule has 1 saturated carbocycles. The number of aliphatic hydroxyl groups is 1. The topological polar surface area (TPSA) is 29.5 Å². The minimum absolute atomic E-state index is 0.238. The fraction of sp³-hybridized carbons (Fsp3) is 0.571. The van der Waals surface area contributed by atoms with Crippen LogP contribution in [0.5, 0.6) is 0 Å². The van der Waals surface area contributed by atoms with E-state index >= 15 is 0 Å². The molecule has 0 radical (unpaired) electrons. The van der Waals surface area contributed by atoms with Gasteiger partial charge < -0.3 is 9.84 Å². The van der Waals surface area contributed by atoms with Crippen molar-refractivity contribution >= 4 is 0 Å². The van der Waals surface area contributed by atoms with Gasteiger partial charge in [-0.05, 0) is 37.0 Å². The number of halogens is 1. The molecule has 2 nitrogen and oxygen atoms in total. The molecule has 1 aromatic carbocycles. The lowest BCUT2D eigenvalue weighted by molar-refractivity contribution is -0.122. The number of methoxy groups -OCH3 is 1. The summed E-state index contributed by atoms with van der Waals surface area (Å²) in [4.78, 5) is 0. The molecular formula is C14H19FO2. The second-order valence-electron chi connectivity index (χ2n) is 4.86. The molecule has 17 heavy (non-hydrogen) atoms. The number of hydrogen-bond acceptors (Lipinski definition) is 2. The van der Waals surface area contributed by atoms with Crippen LogP contribution in [0, 0.1) is 12.7 Å². The average Bonchev–Trinajstić information content (AvgIpc) is 2.33. The lowest BCUT2D eigenvalue weighted by Gasteiger charge is -2.39. The molecule has 0 amide bonds. The molecule has 1 N–H and O–H groups in total. The van der Waals surface area contributed by atoms with Crippen molar-refractivity contribution in [2.45, 2.75) is 44.3 Å². The molecule has 1 fully saturated rings. The minimum Gasteiger partial charge on any atom is -0.382 e. The quantitative estimate of drug-likeness (QED) is 0.858. The van der Waals surface area contributed by atoms with Crippen molar-refractivity contribution in [3.8, 4) is 0 Å². The van der Waals surface area contributed by atoms with E-state index in [-0.39, 0.29) is 11.9 Å². The van der Waals surface area contributed by atoms with Gasteiger partial charge in [0.2, 0.25) is 0 Å². The van der Waals surface area contributed by atoms with Crippen molar-refractivity contribution in [2.24, 2.45) is 0 Å². The summed E-state index contributed by atoms with van der Waals surface area (Å²) in [6, 6.07) is 4.95. The molecule has 2 atom stereocenters. The van der Waals surface area contributed by atoms with E-state index < -0.39 is 5.60 Å². The Balaban J connectivity index is 2.37. The highest BCUT2D eigenvalue weighted by Gasteiger charge is 2.40. The maximum absolute atomic E-state index is 13.6. The van der Waals surface area contributed by atoms with Gasteiger partial charge in [-0.25, -0.2) is 4.39 Å². The summed E-state index contributed by atoms with van der Waals surface area (Å²) in [5.74, 6) is -0.267. The van der Waals surface area contributed by atoms with E-state index in [0.717, 1.165) is 19.3 Å². The maximum Gasteiger partial charge on any atom is 0.126 e. The second-order valence-corrected chi connectivity index (χ2v) is 4.86. The Morgan fingerprint density at radius 1 is 1.41 bits per heavy atom. The third-order valence-electron chi connectivity index (χ3n) is 3.76. The van der Waals surface area contributed by atoms with Gasteiger partial charge in [-0.2, -0.15) is 0 Å². The second kappa shape index (κ2) is 4.75. The molecule has 1 aromatic rings. The van der Waals surface area contributed by atoms with Crippen LogP contribution in [-0.4, -0.2) is 18.3 Å². The molecule has 0 saturated heterocycles. The van der Waals surface area contributed by atoms with Crippen molar-refractivity contribution in [1.29, 1.82) is 0 Å². The van der Waals surface area contributed by atoms with Crippen LogP contribution < -0.4 is 0 Å². The fourth-order valence-electron chi connectivity index (χ4n) is 2.63. The number of hydrogen-bond donors (Lipinski definition) is 1. The van der Waals surface area contributed by atoms with Gasteiger partial charge in [0, 0.05) is 7.11 Å². The van der Waals surface area contributed by atoms with Crippen molar-refractivity contribution in [3.63, 3.8) is 0 Å². The van der Waals surface area contributed by atoms with Crippen LogP contribution in [0.3, 0.4) is 0 Å². The van der Waals surface area contributed by atoms with Crippen molar-refractivity contribution < 1.29 is 14.2 Å². The van der Waals surface area contributed by atoms with E-state index in [0.29, 0.717) is 17.5 Å². The largest absolute Gasteiger partial charge is 0.382 e. The first-order valence-electron chi connectivity index (χ1n) is 6.10. The summed E-state index contributed by atoms with van der Waals surface area (Å²) < 4.78 is 18.9. The van der Waals surface area contributed by atoms with Gasteiger partial charge in [-0.3, -0.25) is 0 Å². The van der Waals surface area contributed by atoms with Crippen LogP contribution in [0.2, 0.25) is 0 Å². The first kappa shape index (κ1) is 12.5. The summed E-state index contributed by atoms with van der Waals surface area (Å²) in [5.41, 5.74) is 0.191. The van der Waals surface area contributed by atoms with Crippen molar-refractivity contribution in [2.75, 3.05) is 7.11 Å². The van der Waals surface area contributed by atoms with Crippen LogP contribution in [0.1, 0.15) is 36.8 Å². The standard InChI is InChI=1S/C14H19FO2/c1-10-6-7-11(9-12(10)15)14(16)8-4-3-5-13(14)17-2/h6-7,9,13,16H,3-5,8H2,1-2H3. The molecule has 1 aliphatic rings. The number of ether oxygens (including phenoxy) is 1. The molecule has 0 spiro atoms. The van der Waals surface area contributed by atoms with Crippen LogP contribution >= 0.6 is 0 Å². The van der Waals surface area contributed by atoms with E-state index in [1.165, 1.54) is 6.07 Å².